The van der Waals surface area contributed by atoms with Crippen molar-refractivity contribution in [1.82, 2.24) is 4.90 Å². The van der Waals surface area contributed by atoms with Crippen LogP contribution in [0.1, 0.15) is 15.3 Å². The molecule has 0 spiro atoms. The van der Waals surface area contributed by atoms with E-state index in [4.69, 9.17) is 11.6 Å². The van der Waals surface area contributed by atoms with Crippen LogP contribution in [-0.2, 0) is 4.79 Å². The van der Waals surface area contributed by atoms with Crippen LogP contribution < -0.4 is 4.90 Å². The van der Waals surface area contributed by atoms with Crippen molar-refractivity contribution in [3.8, 4) is 0 Å². The van der Waals surface area contributed by atoms with Crippen LogP contribution in [-0.4, -0.2) is 37.0 Å². The molecule has 1 aliphatic rings. The lowest BCUT2D eigenvalue weighted by Crippen LogP contribution is -2.48. The minimum Gasteiger partial charge on any atom is -0.368 e. The van der Waals surface area contributed by atoms with E-state index in [0.29, 0.717) is 0 Å². The summed E-state index contributed by atoms with van der Waals surface area (Å²) >= 11 is 7.82. The summed E-state index contributed by atoms with van der Waals surface area (Å²) in [4.78, 5) is 18.9. The number of carbonyl (C=O) groups excluding carboxylic acids is 1. The average Bonchev–Trinajstić information content (AvgIpc) is 3.00. The zero-order valence-corrected chi connectivity index (χ0v) is 15.5. The number of halogens is 1. The summed E-state index contributed by atoms with van der Waals surface area (Å²) in [6, 6.07) is 10.1. The molecule has 1 saturated heterocycles. The Balaban J connectivity index is 1.59. The Morgan fingerprint density at radius 2 is 1.88 bits per heavy atom. The maximum Gasteiger partial charge on any atom is 0.246 e. The van der Waals surface area contributed by atoms with Gasteiger partial charge in [-0.15, -0.1) is 11.3 Å². The monoisotopic (exact) mass is 360 g/mol. The number of nitrogens with zero attached hydrogens (tertiary/aromatic N) is 2. The molecule has 1 aromatic heterocycles. The second-order valence-electron chi connectivity index (χ2n) is 6.02. The third-order valence-corrected chi connectivity index (χ3v) is 5.46. The van der Waals surface area contributed by atoms with Gasteiger partial charge >= 0.3 is 0 Å². The molecule has 0 saturated carbocycles. The number of thiophene rings is 1. The van der Waals surface area contributed by atoms with Gasteiger partial charge in [0.15, 0.2) is 0 Å². The van der Waals surface area contributed by atoms with E-state index >= 15 is 0 Å². The standard InChI is InChI=1S/C19H21ClN2OS/c1-14-3-5-16(20)13-18(14)21-9-11-22(12-10-21)19(23)8-7-17-6-4-15(2)24-17/h3-8,13H,9-12H2,1-2H3. The summed E-state index contributed by atoms with van der Waals surface area (Å²) in [6.07, 6.45) is 3.60. The van der Waals surface area contributed by atoms with Gasteiger partial charge in [0.05, 0.1) is 0 Å². The van der Waals surface area contributed by atoms with Gasteiger partial charge in [-0.3, -0.25) is 4.79 Å². The lowest BCUT2D eigenvalue weighted by Gasteiger charge is -2.36. The molecule has 126 valence electrons. The maximum absolute atomic E-state index is 12.3. The number of piperazine rings is 1. The molecule has 24 heavy (non-hydrogen) atoms. The Labute approximate surface area is 152 Å². The fourth-order valence-electron chi connectivity index (χ4n) is 2.89. The lowest BCUT2D eigenvalue weighted by atomic mass is 10.1. The number of rotatable bonds is 3. The minimum absolute atomic E-state index is 0.0866. The number of aryl methyl sites for hydroxylation is 2. The Bertz CT molecular complexity index is 760. The molecule has 0 atom stereocenters. The van der Waals surface area contributed by atoms with Gasteiger partial charge in [-0.1, -0.05) is 17.7 Å². The number of anilines is 1. The van der Waals surface area contributed by atoms with Gasteiger partial charge in [-0.2, -0.15) is 0 Å². The summed E-state index contributed by atoms with van der Waals surface area (Å²) in [7, 11) is 0. The molecular weight excluding hydrogens is 340 g/mol. The van der Waals surface area contributed by atoms with Crippen LogP contribution >= 0.6 is 22.9 Å². The lowest BCUT2D eigenvalue weighted by molar-refractivity contribution is -0.126. The van der Waals surface area contributed by atoms with Crippen LogP contribution in [0.4, 0.5) is 5.69 Å². The van der Waals surface area contributed by atoms with Crippen molar-refractivity contribution in [1.29, 1.82) is 0 Å². The molecule has 0 aliphatic carbocycles. The molecule has 0 bridgehead atoms. The fraction of sp³-hybridized carbons (Fsp3) is 0.316. The number of carbonyl (C=O) groups is 1. The first kappa shape index (κ1) is 17.1. The molecule has 0 unspecified atom stereocenters. The zero-order valence-electron chi connectivity index (χ0n) is 14.0. The number of hydrogen-bond donors (Lipinski definition) is 0. The topological polar surface area (TPSA) is 23.6 Å². The highest BCUT2D eigenvalue weighted by Crippen LogP contribution is 2.25. The van der Waals surface area contributed by atoms with E-state index in [-0.39, 0.29) is 5.91 Å². The third-order valence-electron chi connectivity index (χ3n) is 4.25. The molecule has 5 heteroatoms. The largest absolute Gasteiger partial charge is 0.368 e. The van der Waals surface area contributed by atoms with E-state index in [2.05, 4.69) is 24.8 Å². The van der Waals surface area contributed by atoms with E-state index in [1.807, 2.05) is 35.2 Å². The molecule has 1 amide bonds. The van der Waals surface area contributed by atoms with Gasteiger partial charge in [-0.25, -0.2) is 0 Å². The highest BCUT2D eigenvalue weighted by molar-refractivity contribution is 7.12. The summed E-state index contributed by atoms with van der Waals surface area (Å²) in [5.74, 6) is 0.0866. The summed E-state index contributed by atoms with van der Waals surface area (Å²) in [5, 5.41) is 0.753. The predicted molar refractivity (Wildman–Crippen MR) is 103 cm³/mol. The van der Waals surface area contributed by atoms with Crippen LogP contribution in [0.2, 0.25) is 5.02 Å². The van der Waals surface area contributed by atoms with Crippen LogP contribution in [0.3, 0.4) is 0 Å². The smallest absolute Gasteiger partial charge is 0.246 e. The molecule has 3 nitrogen and oxygen atoms in total. The van der Waals surface area contributed by atoms with Crippen molar-refractivity contribution in [2.75, 3.05) is 31.1 Å². The first-order valence-electron chi connectivity index (χ1n) is 8.07. The molecule has 1 aromatic carbocycles. The van der Waals surface area contributed by atoms with Crippen molar-refractivity contribution in [3.63, 3.8) is 0 Å². The fourth-order valence-corrected chi connectivity index (χ4v) is 3.84. The number of benzene rings is 1. The van der Waals surface area contributed by atoms with Gasteiger partial charge in [0.2, 0.25) is 5.91 Å². The zero-order chi connectivity index (χ0) is 17.1. The van der Waals surface area contributed by atoms with Crippen molar-refractivity contribution < 1.29 is 4.79 Å². The quantitative estimate of drug-likeness (QED) is 0.758. The molecule has 0 N–H and O–H groups in total. The highest BCUT2D eigenvalue weighted by atomic mass is 35.5. The molecule has 2 aromatic rings. The maximum atomic E-state index is 12.3. The van der Waals surface area contributed by atoms with Crippen LogP contribution in [0.15, 0.2) is 36.4 Å². The molecular formula is C19H21ClN2OS. The summed E-state index contributed by atoms with van der Waals surface area (Å²) in [6.45, 7) is 7.30. The van der Waals surface area contributed by atoms with Gasteiger partial charge < -0.3 is 9.80 Å². The van der Waals surface area contributed by atoms with Gasteiger partial charge in [0.25, 0.3) is 0 Å². The summed E-state index contributed by atoms with van der Waals surface area (Å²) in [5.41, 5.74) is 2.38. The molecule has 1 fully saturated rings. The van der Waals surface area contributed by atoms with Gasteiger partial charge in [0.1, 0.15) is 0 Å². The van der Waals surface area contributed by atoms with E-state index in [1.54, 1.807) is 17.4 Å². The summed E-state index contributed by atoms with van der Waals surface area (Å²) < 4.78 is 0. The Kier molecular flexibility index (Phi) is 5.27. The van der Waals surface area contributed by atoms with E-state index in [1.165, 1.54) is 16.1 Å². The van der Waals surface area contributed by atoms with Crippen LogP contribution in [0, 0.1) is 13.8 Å². The number of hydrogen-bond acceptors (Lipinski definition) is 3. The SMILES string of the molecule is Cc1ccc(C=CC(=O)N2CCN(c3cc(Cl)ccc3C)CC2)s1. The highest BCUT2D eigenvalue weighted by Gasteiger charge is 2.20. The van der Waals surface area contributed by atoms with E-state index < -0.39 is 0 Å². The second kappa shape index (κ2) is 7.41. The van der Waals surface area contributed by atoms with Crippen molar-refractivity contribution in [2.45, 2.75) is 13.8 Å². The van der Waals surface area contributed by atoms with Gasteiger partial charge in [0, 0.05) is 52.7 Å². The van der Waals surface area contributed by atoms with Crippen molar-refractivity contribution >= 4 is 40.6 Å². The normalized spacial score (nSPS) is 15.3. The van der Waals surface area contributed by atoms with Crippen molar-refractivity contribution in [2.24, 2.45) is 0 Å². The molecule has 2 heterocycles. The van der Waals surface area contributed by atoms with E-state index in [0.717, 1.165) is 36.1 Å². The van der Waals surface area contributed by atoms with Gasteiger partial charge in [-0.05, 0) is 49.8 Å². The second-order valence-corrected chi connectivity index (χ2v) is 7.78. The number of amides is 1. The average molecular weight is 361 g/mol. The predicted octanol–water partition coefficient (Wildman–Crippen LogP) is 4.38. The first-order chi connectivity index (χ1) is 11.5. The minimum atomic E-state index is 0.0866. The third kappa shape index (κ3) is 4.00. The Morgan fingerprint density at radius 3 is 2.54 bits per heavy atom. The first-order valence-corrected chi connectivity index (χ1v) is 9.27. The van der Waals surface area contributed by atoms with Crippen LogP contribution in [0.25, 0.3) is 6.08 Å². The Morgan fingerprint density at radius 1 is 1.12 bits per heavy atom. The van der Waals surface area contributed by atoms with Crippen molar-refractivity contribution in [3.05, 3.63) is 56.7 Å². The van der Waals surface area contributed by atoms with E-state index in [9.17, 15) is 4.79 Å². The molecule has 1 aliphatic heterocycles. The Hall–Kier alpha value is -1.78. The molecule has 0 radical (unpaired) electrons. The molecule has 3 rings (SSSR count). The van der Waals surface area contributed by atoms with Crippen LogP contribution in [0.5, 0.6) is 0 Å².